The number of hydrogen-bond acceptors (Lipinski definition) is 5. The van der Waals surface area contributed by atoms with Crippen molar-refractivity contribution in [3.05, 3.63) is 212 Å². The Hall–Kier alpha value is -8.15. The van der Waals surface area contributed by atoms with E-state index >= 15 is 0 Å². The molecule has 12 rings (SSSR count). The third-order valence-electron chi connectivity index (χ3n) is 11.6. The number of anilines is 6. The first-order chi connectivity index (χ1) is 29.7. The van der Waals surface area contributed by atoms with Crippen molar-refractivity contribution in [3.63, 3.8) is 0 Å². The molecule has 0 aliphatic carbocycles. The molecule has 0 saturated heterocycles. The molecule has 0 saturated carbocycles. The summed E-state index contributed by atoms with van der Waals surface area (Å²) in [4.78, 5) is 9.87. The number of oxazole rings is 1. The Morgan fingerprint density at radius 2 is 0.917 bits per heavy atom. The van der Waals surface area contributed by atoms with Gasteiger partial charge in [-0.2, -0.15) is 0 Å². The molecule has 5 nitrogen and oxygen atoms in total. The van der Waals surface area contributed by atoms with Crippen molar-refractivity contribution in [1.29, 1.82) is 0 Å². The van der Waals surface area contributed by atoms with Crippen LogP contribution in [-0.4, -0.2) is 4.98 Å². The van der Waals surface area contributed by atoms with Gasteiger partial charge in [-0.3, -0.25) is 0 Å². The van der Waals surface area contributed by atoms with Gasteiger partial charge in [0.2, 0.25) is 5.89 Å². The van der Waals surface area contributed by atoms with Crippen LogP contribution in [0, 0.1) is 0 Å². The number of hydrogen-bond donors (Lipinski definition) is 0. The monoisotopic (exact) mass is 769 g/mol. The van der Waals surface area contributed by atoms with Crippen LogP contribution in [0.3, 0.4) is 0 Å². The molecule has 12 aromatic rings. The lowest BCUT2D eigenvalue weighted by molar-refractivity contribution is 0.623. The minimum absolute atomic E-state index is 0.581. The van der Waals surface area contributed by atoms with Crippen LogP contribution in [0.1, 0.15) is 0 Å². The Kier molecular flexibility index (Phi) is 7.78. The van der Waals surface area contributed by atoms with Crippen molar-refractivity contribution in [2.75, 3.05) is 9.80 Å². The molecule has 0 aliphatic heterocycles. The summed E-state index contributed by atoms with van der Waals surface area (Å²) in [5.41, 5.74) is 10.5. The highest BCUT2D eigenvalue weighted by Crippen LogP contribution is 2.46. The molecule has 0 atom stereocenters. The van der Waals surface area contributed by atoms with Gasteiger partial charge in [0, 0.05) is 60.9 Å². The number of fused-ring (bicyclic) bond motifs is 10. The van der Waals surface area contributed by atoms with Crippen molar-refractivity contribution >= 4 is 99.5 Å². The van der Waals surface area contributed by atoms with Crippen molar-refractivity contribution in [1.82, 2.24) is 4.98 Å². The van der Waals surface area contributed by atoms with Gasteiger partial charge < -0.3 is 18.6 Å². The SMILES string of the molecule is c1ccc(N(c2cccc(-c3nc4c5ccccc5c5ccccc5c4o3)c2)c2cc(N(c3ccccc3)c3ccc4oc5ccccc5c4c3)c3ccccc3c2)cc1. The third kappa shape index (κ3) is 5.52. The summed E-state index contributed by atoms with van der Waals surface area (Å²) >= 11 is 0. The summed E-state index contributed by atoms with van der Waals surface area (Å²) in [6.07, 6.45) is 0. The van der Waals surface area contributed by atoms with Crippen LogP contribution in [0.4, 0.5) is 34.1 Å². The Labute approximate surface area is 345 Å². The van der Waals surface area contributed by atoms with E-state index in [1.807, 2.05) is 12.1 Å². The molecule has 0 aliphatic rings. The average Bonchev–Trinajstić information content (AvgIpc) is 3.93. The summed E-state index contributed by atoms with van der Waals surface area (Å²) in [7, 11) is 0. The molecular formula is C55H35N3O2. The van der Waals surface area contributed by atoms with Crippen LogP contribution in [0.15, 0.2) is 221 Å². The van der Waals surface area contributed by atoms with Gasteiger partial charge in [-0.1, -0.05) is 133 Å². The molecule has 0 radical (unpaired) electrons. The fraction of sp³-hybridized carbons (Fsp3) is 0. The van der Waals surface area contributed by atoms with E-state index in [1.54, 1.807) is 0 Å². The maximum atomic E-state index is 6.74. The first kappa shape index (κ1) is 33.9. The Balaban J connectivity index is 1.06. The van der Waals surface area contributed by atoms with Crippen LogP contribution in [0.2, 0.25) is 0 Å². The lowest BCUT2D eigenvalue weighted by atomic mass is 10.0. The van der Waals surface area contributed by atoms with Crippen LogP contribution in [-0.2, 0) is 0 Å². The molecule has 10 aromatic carbocycles. The van der Waals surface area contributed by atoms with Crippen molar-refractivity contribution < 1.29 is 8.83 Å². The Morgan fingerprint density at radius 1 is 0.333 bits per heavy atom. The van der Waals surface area contributed by atoms with Gasteiger partial charge in [-0.25, -0.2) is 4.98 Å². The van der Waals surface area contributed by atoms with E-state index in [1.165, 1.54) is 5.39 Å². The first-order valence-electron chi connectivity index (χ1n) is 20.2. The Bertz CT molecular complexity index is 3500. The molecular weight excluding hydrogens is 735 g/mol. The molecule has 0 fully saturated rings. The summed E-state index contributed by atoms with van der Waals surface area (Å²) in [6, 6.07) is 74.5. The van der Waals surface area contributed by atoms with Crippen LogP contribution < -0.4 is 9.80 Å². The number of para-hydroxylation sites is 3. The van der Waals surface area contributed by atoms with E-state index in [0.717, 1.165) is 99.7 Å². The summed E-state index contributed by atoms with van der Waals surface area (Å²) in [6.45, 7) is 0. The van der Waals surface area contributed by atoms with Gasteiger partial charge in [-0.15, -0.1) is 0 Å². The van der Waals surface area contributed by atoms with E-state index < -0.39 is 0 Å². The van der Waals surface area contributed by atoms with E-state index in [2.05, 4.69) is 210 Å². The first-order valence-corrected chi connectivity index (χ1v) is 20.2. The standard InChI is InChI=1S/C55H35N3O2/c1-3-18-38(19-4-1)57(40-22-15-17-37(33-40)55-56-53-47-27-11-9-24-44(47)45-25-10-12-28-48(45)54(53)60-55)42-32-36-16-7-8-23-43(36)50(35-42)58(39-20-5-2-6-21-39)41-30-31-52-49(34-41)46-26-13-14-29-51(46)59-52/h1-35H. The van der Waals surface area contributed by atoms with Gasteiger partial charge >= 0.3 is 0 Å². The molecule has 2 aromatic heterocycles. The minimum Gasteiger partial charge on any atom is -0.456 e. The molecule has 0 N–H and O–H groups in total. The van der Waals surface area contributed by atoms with Crippen molar-refractivity contribution in [3.8, 4) is 11.5 Å². The van der Waals surface area contributed by atoms with E-state index in [-0.39, 0.29) is 0 Å². The zero-order valence-corrected chi connectivity index (χ0v) is 32.4. The van der Waals surface area contributed by atoms with E-state index in [0.29, 0.717) is 5.89 Å². The smallest absolute Gasteiger partial charge is 0.227 e. The van der Waals surface area contributed by atoms with Crippen molar-refractivity contribution in [2.24, 2.45) is 0 Å². The lowest BCUT2D eigenvalue weighted by Crippen LogP contribution is -2.14. The minimum atomic E-state index is 0.581. The zero-order valence-electron chi connectivity index (χ0n) is 32.4. The van der Waals surface area contributed by atoms with Crippen LogP contribution in [0.25, 0.3) is 76.8 Å². The predicted molar refractivity (Wildman–Crippen MR) is 249 cm³/mol. The molecule has 60 heavy (non-hydrogen) atoms. The number of furan rings is 1. The second-order valence-electron chi connectivity index (χ2n) is 15.1. The highest BCUT2D eigenvalue weighted by Gasteiger charge is 2.23. The second kappa shape index (κ2) is 13.8. The quantitative estimate of drug-likeness (QED) is 0.151. The van der Waals surface area contributed by atoms with Crippen LogP contribution in [0.5, 0.6) is 0 Å². The third-order valence-corrected chi connectivity index (χ3v) is 11.6. The van der Waals surface area contributed by atoms with Gasteiger partial charge in [0.05, 0.1) is 5.69 Å². The Morgan fingerprint density at radius 3 is 1.70 bits per heavy atom. The molecule has 0 amide bonds. The zero-order chi connectivity index (χ0) is 39.6. The highest BCUT2D eigenvalue weighted by molar-refractivity contribution is 6.23. The van der Waals surface area contributed by atoms with E-state index in [4.69, 9.17) is 13.8 Å². The van der Waals surface area contributed by atoms with Crippen molar-refractivity contribution in [2.45, 2.75) is 0 Å². The fourth-order valence-electron chi connectivity index (χ4n) is 8.90. The molecule has 0 spiro atoms. The highest BCUT2D eigenvalue weighted by atomic mass is 16.3. The number of aromatic nitrogens is 1. The number of rotatable bonds is 7. The van der Waals surface area contributed by atoms with Gasteiger partial charge in [0.25, 0.3) is 0 Å². The second-order valence-corrected chi connectivity index (χ2v) is 15.1. The molecule has 0 bridgehead atoms. The van der Waals surface area contributed by atoms with Crippen LogP contribution >= 0.6 is 0 Å². The summed E-state index contributed by atoms with van der Waals surface area (Å²) < 4.78 is 13.0. The maximum Gasteiger partial charge on any atom is 0.227 e. The largest absolute Gasteiger partial charge is 0.456 e. The molecule has 282 valence electrons. The normalized spacial score (nSPS) is 11.7. The number of benzene rings is 10. The maximum absolute atomic E-state index is 6.74. The predicted octanol–water partition coefficient (Wildman–Crippen LogP) is 15.8. The molecule has 2 heterocycles. The summed E-state index contributed by atoms with van der Waals surface area (Å²) in [5, 5.41) is 8.88. The average molecular weight is 770 g/mol. The lowest BCUT2D eigenvalue weighted by Gasteiger charge is -2.31. The molecule has 5 heteroatoms. The fourth-order valence-corrected chi connectivity index (χ4v) is 8.90. The topological polar surface area (TPSA) is 45.7 Å². The molecule has 0 unspecified atom stereocenters. The van der Waals surface area contributed by atoms with Gasteiger partial charge in [0.1, 0.15) is 16.7 Å². The van der Waals surface area contributed by atoms with Gasteiger partial charge in [-0.05, 0) is 95.0 Å². The number of nitrogens with zero attached hydrogens (tertiary/aromatic N) is 3. The van der Waals surface area contributed by atoms with E-state index in [9.17, 15) is 0 Å². The summed E-state index contributed by atoms with van der Waals surface area (Å²) in [5.74, 6) is 0.581. The van der Waals surface area contributed by atoms with Gasteiger partial charge in [0.15, 0.2) is 5.58 Å².